The Morgan fingerprint density at radius 3 is 2.65 bits per heavy atom. The summed E-state index contributed by atoms with van der Waals surface area (Å²) in [7, 11) is 1.67. The molecule has 26 heavy (non-hydrogen) atoms. The van der Waals surface area contributed by atoms with Crippen molar-refractivity contribution in [1.29, 1.82) is 0 Å². The van der Waals surface area contributed by atoms with Crippen LogP contribution in [0.4, 0.5) is 0 Å². The first-order chi connectivity index (χ1) is 12.6. The first-order valence-corrected chi connectivity index (χ1v) is 9.25. The van der Waals surface area contributed by atoms with Crippen LogP contribution in [-0.4, -0.2) is 45.2 Å². The molecule has 140 valence electrons. The number of nitrogens with one attached hydrogen (secondary N) is 2. The summed E-state index contributed by atoms with van der Waals surface area (Å²) in [4.78, 5) is 25.9. The molecule has 2 heterocycles. The molecule has 1 aromatic carbocycles. The fraction of sp³-hybridized carbons (Fsp3) is 0.526. The molecule has 1 fully saturated rings. The minimum Gasteiger partial charge on any atom is -0.356 e. The van der Waals surface area contributed by atoms with E-state index < -0.39 is 0 Å². The standard InChI is InChI=1S/C19H27N5O2/c1-23-17(21-22-19(23)26)7-10-20-18(25)13-15-8-11-24(12-9-15)14-16-5-3-2-4-6-16/h2-6,15H,7-14H2,1H3,(H,20,25)(H,22,26). The number of benzene rings is 1. The third-order valence-corrected chi connectivity index (χ3v) is 5.07. The van der Waals surface area contributed by atoms with Crippen LogP contribution in [0.5, 0.6) is 0 Å². The predicted molar refractivity (Wildman–Crippen MR) is 99.6 cm³/mol. The van der Waals surface area contributed by atoms with Crippen molar-refractivity contribution in [3.63, 3.8) is 0 Å². The molecular weight excluding hydrogens is 330 g/mol. The number of aromatic amines is 1. The quantitative estimate of drug-likeness (QED) is 0.776. The number of aromatic nitrogens is 3. The maximum Gasteiger partial charge on any atom is 0.343 e. The molecule has 1 saturated heterocycles. The lowest BCUT2D eigenvalue weighted by molar-refractivity contribution is -0.122. The molecule has 7 heteroatoms. The van der Waals surface area contributed by atoms with Gasteiger partial charge >= 0.3 is 5.69 Å². The molecule has 0 atom stereocenters. The Kier molecular flexibility index (Phi) is 6.22. The topological polar surface area (TPSA) is 83.0 Å². The Morgan fingerprint density at radius 2 is 2.00 bits per heavy atom. The van der Waals surface area contributed by atoms with Crippen molar-refractivity contribution in [1.82, 2.24) is 25.0 Å². The van der Waals surface area contributed by atoms with Gasteiger partial charge in [-0.3, -0.25) is 14.3 Å². The van der Waals surface area contributed by atoms with Gasteiger partial charge in [0.15, 0.2) is 0 Å². The molecule has 1 amide bonds. The molecule has 0 unspecified atom stereocenters. The Hall–Kier alpha value is -2.41. The van der Waals surface area contributed by atoms with Gasteiger partial charge in [0.1, 0.15) is 5.82 Å². The number of H-pyrrole nitrogens is 1. The monoisotopic (exact) mass is 357 g/mol. The highest BCUT2D eigenvalue weighted by Crippen LogP contribution is 2.21. The van der Waals surface area contributed by atoms with Crippen LogP contribution in [0.15, 0.2) is 35.1 Å². The average Bonchev–Trinajstić information content (AvgIpc) is 2.96. The minimum atomic E-state index is -0.228. The van der Waals surface area contributed by atoms with Crippen molar-refractivity contribution in [2.75, 3.05) is 19.6 Å². The Labute approximate surface area is 153 Å². The second-order valence-corrected chi connectivity index (χ2v) is 7.01. The number of piperidine rings is 1. The van der Waals surface area contributed by atoms with Gasteiger partial charge in [-0.05, 0) is 37.4 Å². The smallest absolute Gasteiger partial charge is 0.343 e. The minimum absolute atomic E-state index is 0.0899. The van der Waals surface area contributed by atoms with E-state index in [1.165, 1.54) is 10.1 Å². The van der Waals surface area contributed by atoms with Gasteiger partial charge < -0.3 is 5.32 Å². The van der Waals surface area contributed by atoms with Crippen LogP contribution in [0.1, 0.15) is 30.7 Å². The largest absolute Gasteiger partial charge is 0.356 e. The highest BCUT2D eigenvalue weighted by molar-refractivity contribution is 5.76. The van der Waals surface area contributed by atoms with Crippen molar-refractivity contribution in [3.8, 4) is 0 Å². The van der Waals surface area contributed by atoms with Gasteiger partial charge in [-0.25, -0.2) is 9.89 Å². The molecule has 0 saturated carbocycles. The average molecular weight is 357 g/mol. The molecular formula is C19H27N5O2. The Balaban J connectivity index is 1.34. The van der Waals surface area contributed by atoms with Crippen LogP contribution < -0.4 is 11.0 Å². The van der Waals surface area contributed by atoms with E-state index in [1.807, 2.05) is 6.07 Å². The van der Waals surface area contributed by atoms with E-state index in [-0.39, 0.29) is 11.6 Å². The number of carbonyl (C=O) groups is 1. The van der Waals surface area contributed by atoms with Gasteiger partial charge in [0.05, 0.1) is 0 Å². The molecule has 3 rings (SSSR count). The maximum absolute atomic E-state index is 12.1. The molecule has 2 N–H and O–H groups in total. The van der Waals surface area contributed by atoms with Crippen LogP contribution in [0.3, 0.4) is 0 Å². The first-order valence-electron chi connectivity index (χ1n) is 9.25. The van der Waals surface area contributed by atoms with E-state index in [2.05, 4.69) is 44.7 Å². The summed E-state index contributed by atoms with van der Waals surface area (Å²) >= 11 is 0. The van der Waals surface area contributed by atoms with E-state index in [4.69, 9.17) is 0 Å². The van der Waals surface area contributed by atoms with Gasteiger partial charge in [-0.1, -0.05) is 30.3 Å². The van der Waals surface area contributed by atoms with E-state index in [1.54, 1.807) is 7.05 Å². The highest BCUT2D eigenvalue weighted by atomic mass is 16.2. The summed E-state index contributed by atoms with van der Waals surface area (Å²) in [5.74, 6) is 1.20. The van der Waals surface area contributed by atoms with Crippen LogP contribution >= 0.6 is 0 Å². The number of hydrogen-bond donors (Lipinski definition) is 2. The van der Waals surface area contributed by atoms with Crippen molar-refractivity contribution in [3.05, 3.63) is 52.2 Å². The van der Waals surface area contributed by atoms with Gasteiger partial charge in [-0.15, -0.1) is 0 Å². The number of nitrogens with zero attached hydrogens (tertiary/aromatic N) is 3. The summed E-state index contributed by atoms with van der Waals surface area (Å²) in [6, 6.07) is 10.5. The van der Waals surface area contributed by atoms with Gasteiger partial charge in [0.2, 0.25) is 5.91 Å². The second kappa shape index (κ2) is 8.80. The van der Waals surface area contributed by atoms with Crippen LogP contribution in [-0.2, 0) is 24.8 Å². The van der Waals surface area contributed by atoms with Gasteiger partial charge in [0.25, 0.3) is 0 Å². The summed E-state index contributed by atoms with van der Waals surface area (Å²) in [5, 5.41) is 9.29. The third kappa shape index (κ3) is 5.05. The lowest BCUT2D eigenvalue weighted by atomic mass is 9.93. The fourth-order valence-corrected chi connectivity index (χ4v) is 3.44. The molecule has 1 aliphatic heterocycles. The van der Waals surface area contributed by atoms with E-state index in [0.717, 1.165) is 32.5 Å². The van der Waals surface area contributed by atoms with Gasteiger partial charge in [0, 0.05) is 33.0 Å². The van der Waals surface area contributed by atoms with Crippen LogP contribution in [0.25, 0.3) is 0 Å². The zero-order chi connectivity index (χ0) is 18.4. The number of hydrogen-bond acceptors (Lipinski definition) is 4. The van der Waals surface area contributed by atoms with Crippen molar-refractivity contribution in [2.45, 2.75) is 32.2 Å². The van der Waals surface area contributed by atoms with Crippen molar-refractivity contribution in [2.24, 2.45) is 13.0 Å². The summed E-state index contributed by atoms with van der Waals surface area (Å²) < 4.78 is 1.47. The Morgan fingerprint density at radius 1 is 1.27 bits per heavy atom. The number of carbonyl (C=O) groups excluding carboxylic acids is 1. The predicted octanol–water partition coefficient (Wildman–Crippen LogP) is 1.07. The third-order valence-electron chi connectivity index (χ3n) is 5.07. The molecule has 0 radical (unpaired) electrons. The summed E-state index contributed by atoms with van der Waals surface area (Å²) in [6.07, 6.45) is 3.26. The summed E-state index contributed by atoms with van der Waals surface area (Å²) in [6.45, 7) is 3.58. The zero-order valence-corrected chi connectivity index (χ0v) is 15.3. The van der Waals surface area contributed by atoms with E-state index in [0.29, 0.717) is 31.1 Å². The fourth-order valence-electron chi connectivity index (χ4n) is 3.44. The van der Waals surface area contributed by atoms with E-state index >= 15 is 0 Å². The summed E-state index contributed by atoms with van der Waals surface area (Å²) in [5.41, 5.74) is 1.12. The molecule has 0 spiro atoms. The number of amides is 1. The molecule has 7 nitrogen and oxygen atoms in total. The Bertz CT molecular complexity index is 760. The highest BCUT2D eigenvalue weighted by Gasteiger charge is 2.21. The SMILES string of the molecule is Cn1c(CCNC(=O)CC2CCN(Cc3ccccc3)CC2)n[nH]c1=O. The molecule has 1 aromatic heterocycles. The zero-order valence-electron chi connectivity index (χ0n) is 15.3. The number of rotatable bonds is 7. The molecule has 0 bridgehead atoms. The molecule has 1 aliphatic rings. The second-order valence-electron chi connectivity index (χ2n) is 7.01. The lowest BCUT2D eigenvalue weighted by Gasteiger charge is -2.31. The lowest BCUT2D eigenvalue weighted by Crippen LogP contribution is -2.36. The van der Waals surface area contributed by atoms with Crippen LogP contribution in [0.2, 0.25) is 0 Å². The van der Waals surface area contributed by atoms with Crippen molar-refractivity contribution < 1.29 is 4.79 Å². The maximum atomic E-state index is 12.1. The molecule has 0 aliphatic carbocycles. The first kappa shape index (κ1) is 18.4. The van der Waals surface area contributed by atoms with E-state index in [9.17, 15) is 9.59 Å². The van der Waals surface area contributed by atoms with Crippen LogP contribution in [0, 0.1) is 5.92 Å². The van der Waals surface area contributed by atoms with Gasteiger partial charge in [-0.2, -0.15) is 5.10 Å². The molecule has 2 aromatic rings. The normalized spacial score (nSPS) is 15.9. The van der Waals surface area contributed by atoms with Crippen molar-refractivity contribution >= 4 is 5.91 Å². The number of likely N-dealkylation sites (tertiary alicyclic amines) is 1.